The van der Waals surface area contributed by atoms with Crippen LogP contribution >= 0.6 is 0 Å². The SMILES string of the molecule is COc1cccn2c(=O)n(-c3cccc(-c4ccc(C(N)=O)c5c4-c4ccc(C(C)(C)O)cc4C5)c3C)c(=O)cc12. The number of aliphatic hydroxyl groups is 1. The molecule has 6 rings (SSSR count). The molecule has 3 N–H and O–H groups in total. The average molecular weight is 548 g/mol. The minimum absolute atomic E-state index is 0.386. The van der Waals surface area contributed by atoms with Crippen LogP contribution in [0.3, 0.4) is 0 Å². The molecule has 0 fully saturated rings. The van der Waals surface area contributed by atoms with Gasteiger partial charge in [-0.2, -0.15) is 0 Å². The van der Waals surface area contributed by atoms with Crippen LogP contribution in [0.1, 0.15) is 46.5 Å². The lowest BCUT2D eigenvalue weighted by Crippen LogP contribution is -2.36. The Kier molecular flexibility index (Phi) is 5.97. The van der Waals surface area contributed by atoms with Gasteiger partial charge >= 0.3 is 5.69 Å². The second kappa shape index (κ2) is 9.31. The number of hydrogen-bond acceptors (Lipinski definition) is 5. The highest BCUT2D eigenvalue weighted by atomic mass is 16.5. The van der Waals surface area contributed by atoms with Gasteiger partial charge in [0.05, 0.1) is 23.9 Å². The van der Waals surface area contributed by atoms with E-state index in [-0.39, 0.29) is 0 Å². The Morgan fingerprint density at radius 2 is 1.73 bits per heavy atom. The number of carbonyl (C=O) groups is 1. The summed E-state index contributed by atoms with van der Waals surface area (Å²) in [5, 5.41) is 10.6. The van der Waals surface area contributed by atoms with Crippen LogP contribution in [-0.4, -0.2) is 27.1 Å². The Morgan fingerprint density at radius 3 is 2.44 bits per heavy atom. The van der Waals surface area contributed by atoms with Gasteiger partial charge in [0.1, 0.15) is 5.75 Å². The summed E-state index contributed by atoms with van der Waals surface area (Å²) in [4.78, 5) is 39.3. The molecule has 0 bridgehead atoms. The van der Waals surface area contributed by atoms with Crippen molar-refractivity contribution in [3.8, 4) is 33.7 Å². The van der Waals surface area contributed by atoms with E-state index in [9.17, 15) is 19.5 Å². The highest BCUT2D eigenvalue weighted by Crippen LogP contribution is 2.46. The van der Waals surface area contributed by atoms with Gasteiger partial charge < -0.3 is 15.6 Å². The molecule has 0 spiro atoms. The standard InChI is InChI=1S/C33H29N3O5/c1-18-21(7-5-8-26(18)36-29(37)17-27-28(41-4)9-6-14-35(27)32(36)39)23-12-13-24(31(34)38)25-16-19-15-20(33(2,3)40)10-11-22(19)30(23)25/h5-15,17,40H,16H2,1-4H3,(H2,34,38). The third kappa shape index (κ3) is 4.06. The number of aromatic nitrogens is 2. The van der Waals surface area contributed by atoms with Gasteiger partial charge in [-0.15, -0.1) is 0 Å². The van der Waals surface area contributed by atoms with E-state index in [0.717, 1.165) is 49.1 Å². The summed E-state index contributed by atoms with van der Waals surface area (Å²) < 4.78 is 7.90. The molecule has 8 nitrogen and oxygen atoms in total. The van der Waals surface area contributed by atoms with Gasteiger partial charge in [0.15, 0.2) is 0 Å². The maximum absolute atomic E-state index is 13.6. The van der Waals surface area contributed by atoms with E-state index in [1.165, 1.54) is 17.6 Å². The predicted molar refractivity (Wildman–Crippen MR) is 158 cm³/mol. The van der Waals surface area contributed by atoms with Crippen molar-refractivity contribution in [3.63, 3.8) is 0 Å². The van der Waals surface area contributed by atoms with Crippen LogP contribution < -0.4 is 21.7 Å². The number of fused-ring (bicyclic) bond motifs is 4. The van der Waals surface area contributed by atoms with E-state index in [4.69, 9.17) is 10.5 Å². The molecule has 41 heavy (non-hydrogen) atoms. The molecule has 1 aliphatic rings. The van der Waals surface area contributed by atoms with Crippen LogP contribution in [0.4, 0.5) is 0 Å². The molecular formula is C33H29N3O5. The van der Waals surface area contributed by atoms with Gasteiger partial charge in [-0.05, 0) is 96.0 Å². The fourth-order valence-corrected chi connectivity index (χ4v) is 5.89. The van der Waals surface area contributed by atoms with E-state index >= 15 is 0 Å². The number of methoxy groups -OCH3 is 1. The molecule has 5 aromatic rings. The van der Waals surface area contributed by atoms with Gasteiger partial charge in [0.2, 0.25) is 5.91 Å². The Bertz CT molecular complexity index is 2030. The summed E-state index contributed by atoms with van der Waals surface area (Å²) in [6, 6.07) is 19.7. The summed E-state index contributed by atoms with van der Waals surface area (Å²) >= 11 is 0. The zero-order valence-electron chi connectivity index (χ0n) is 23.2. The van der Waals surface area contributed by atoms with Gasteiger partial charge in [-0.1, -0.05) is 36.4 Å². The maximum atomic E-state index is 13.6. The first kappa shape index (κ1) is 26.3. The second-order valence-corrected chi connectivity index (χ2v) is 10.9. The van der Waals surface area contributed by atoms with E-state index in [1.54, 1.807) is 44.3 Å². The van der Waals surface area contributed by atoms with E-state index in [2.05, 4.69) is 0 Å². The van der Waals surface area contributed by atoms with Crippen molar-refractivity contribution in [3.05, 3.63) is 122 Å². The molecule has 0 saturated heterocycles. The molecule has 0 atom stereocenters. The zero-order valence-corrected chi connectivity index (χ0v) is 23.2. The lowest BCUT2D eigenvalue weighted by Gasteiger charge is -2.19. The smallest absolute Gasteiger partial charge is 0.340 e. The Morgan fingerprint density at radius 1 is 0.976 bits per heavy atom. The van der Waals surface area contributed by atoms with Gasteiger partial charge in [0, 0.05) is 17.8 Å². The van der Waals surface area contributed by atoms with Crippen molar-refractivity contribution in [1.82, 2.24) is 8.97 Å². The van der Waals surface area contributed by atoms with Crippen molar-refractivity contribution >= 4 is 11.4 Å². The molecule has 2 heterocycles. The average Bonchev–Trinajstić information content (AvgIpc) is 3.31. The highest BCUT2D eigenvalue weighted by molar-refractivity contribution is 6.02. The van der Waals surface area contributed by atoms with Crippen LogP contribution in [-0.2, 0) is 12.0 Å². The van der Waals surface area contributed by atoms with Crippen LogP contribution in [0.25, 0.3) is 33.5 Å². The minimum Gasteiger partial charge on any atom is -0.495 e. The summed E-state index contributed by atoms with van der Waals surface area (Å²) in [6.07, 6.45) is 2.09. The molecule has 0 saturated carbocycles. The number of nitrogens with zero attached hydrogens (tertiary/aromatic N) is 2. The summed E-state index contributed by atoms with van der Waals surface area (Å²) in [5.74, 6) is -0.0872. The van der Waals surface area contributed by atoms with E-state index in [0.29, 0.717) is 28.9 Å². The molecule has 3 aromatic carbocycles. The number of nitrogens with two attached hydrogens (primary N) is 1. The molecule has 0 radical (unpaired) electrons. The first-order valence-corrected chi connectivity index (χ1v) is 13.2. The van der Waals surface area contributed by atoms with Gasteiger partial charge in [-0.25, -0.2) is 9.36 Å². The van der Waals surface area contributed by atoms with Crippen molar-refractivity contribution in [2.75, 3.05) is 7.11 Å². The van der Waals surface area contributed by atoms with Crippen molar-refractivity contribution in [2.24, 2.45) is 5.73 Å². The number of primary amides is 1. The summed E-state index contributed by atoms with van der Waals surface area (Å²) in [5.41, 5.74) is 11.9. The van der Waals surface area contributed by atoms with Crippen molar-refractivity contribution in [2.45, 2.75) is 32.8 Å². The van der Waals surface area contributed by atoms with Crippen molar-refractivity contribution < 1.29 is 14.6 Å². The molecule has 2 aromatic heterocycles. The molecule has 0 aliphatic heterocycles. The van der Waals surface area contributed by atoms with Crippen LogP contribution in [0.15, 0.2) is 82.5 Å². The second-order valence-electron chi connectivity index (χ2n) is 10.9. The molecular weight excluding hydrogens is 518 g/mol. The summed E-state index contributed by atoms with van der Waals surface area (Å²) in [7, 11) is 1.49. The third-order valence-electron chi connectivity index (χ3n) is 7.96. The quantitative estimate of drug-likeness (QED) is 0.333. The lowest BCUT2D eigenvalue weighted by atomic mass is 9.88. The predicted octanol–water partition coefficient (Wildman–Crippen LogP) is 4.33. The number of amides is 1. The highest BCUT2D eigenvalue weighted by Gasteiger charge is 2.29. The molecule has 8 heteroatoms. The number of carbonyl (C=O) groups excluding carboxylic acids is 1. The Labute approximate surface area is 235 Å². The monoisotopic (exact) mass is 547 g/mol. The number of rotatable bonds is 5. The van der Waals surface area contributed by atoms with Gasteiger partial charge in [-0.3, -0.25) is 14.0 Å². The number of pyridine rings is 1. The van der Waals surface area contributed by atoms with Crippen molar-refractivity contribution in [1.29, 1.82) is 0 Å². The van der Waals surface area contributed by atoms with Crippen LogP contribution in [0.2, 0.25) is 0 Å². The van der Waals surface area contributed by atoms with Gasteiger partial charge in [0.25, 0.3) is 5.56 Å². The van der Waals surface area contributed by atoms with E-state index in [1.807, 2.05) is 43.3 Å². The van der Waals surface area contributed by atoms with Crippen LogP contribution in [0.5, 0.6) is 5.75 Å². The van der Waals surface area contributed by atoms with Crippen LogP contribution in [0, 0.1) is 6.92 Å². The minimum atomic E-state index is -1.02. The lowest BCUT2D eigenvalue weighted by molar-refractivity contribution is 0.0785. The fourth-order valence-electron chi connectivity index (χ4n) is 5.89. The Hall–Kier alpha value is -4.95. The normalized spacial score (nSPS) is 12.3. The molecule has 1 aliphatic carbocycles. The summed E-state index contributed by atoms with van der Waals surface area (Å²) in [6.45, 7) is 5.34. The topological polar surface area (TPSA) is 116 Å². The maximum Gasteiger partial charge on any atom is 0.340 e. The molecule has 0 unspecified atom stereocenters. The molecule has 1 amide bonds. The number of benzene rings is 3. The third-order valence-corrected chi connectivity index (χ3v) is 7.96. The first-order chi connectivity index (χ1) is 19.5. The number of ether oxygens (including phenoxy) is 1. The molecule has 206 valence electrons. The largest absolute Gasteiger partial charge is 0.495 e. The first-order valence-electron chi connectivity index (χ1n) is 13.2. The number of hydrogen-bond donors (Lipinski definition) is 2. The Balaban J connectivity index is 1.59. The fraction of sp³-hybridized carbons (Fsp3) is 0.182. The van der Waals surface area contributed by atoms with E-state index < -0.39 is 22.8 Å². The zero-order chi connectivity index (χ0) is 29.2.